The van der Waals surface area contributed by atoms with Crippen molar-refractivity contribution in [3.05, 3.63) is 58.6 Å². The van der Waals surface area contributed by atoms with Gasteiger partial charge in [0.25, 0.3) is 5.91 Å². The minimum atomic E-state index is -0.193. The summed E-state index contributed by atoms with van der Waals surface area (Å²) < 4.78 is 5.61. The molecule has 4 heteroatoms. The zero-order valence-corrected chi connectivity index (χ0v) is 15.3. The summed E-state index contributed by atoms with van der Waals surface area (Å²) in [6.07, 6.45) is 6.57. The van der Waals surface area contributed by atoms with E-state index in [1.807, 2.05) is 25.1 Å². The molecule has 0 aromatic heterocycles. The lowest BCUT2D eigenvalue weighted by molar-refractivity contribution is -0.118. The van der Waals surface area contributed by atoms with Gasteiger partial charge in [0.15, 0.2) is 6.61 Å². The van der Waals surface area contributed by atoms with Gasteiger partial charge in [-0.1, -0.05) is 49.1 Å². The third kappa shape index (κ3) is 4.99. The van der Waals surface area contributed by atoms with Crippen molar-refractivity contribution in [3.8, 4) is 5.75 Å². The van der Waals surface area contributed by atoms with Crippen LogP contribution in [-0.2, 0) is 4.79 Å². The predicted molar refractivity (Wildman–Crippen MR) is 103 cm³/mol. The number of carbonyl (C=O) groups is 1. The molecule has 1 fully saturated rings. The van der Waals surface area contributed by atoms with Crippen LogP contribution < -0.4 is 10.1 Å². The molecule has 132 valence electrons. The fourth-order valence-electron chi connectivity index (χ4n) is 3.34. The number of carbonyl (C=O) groups excluding carboxylic acids is 1. The zero-order chi connectivity index (χ0) is 17.6. The molecule has 3 rings (SSSR count). The predicted octanol–water partition coefficient (Wildman–Crippen LogP) is 5.71. The van der Waals surface area contributed by atoms with Crippen LogP contribution >= 0.6 is 11.6 Å². The van der Waals surface area contributed by atoms with E-state index in [-0.39, 0.29) is 12.5 Å². The Morgan fingerprint density at radius 3 is 2.56 bits per heavy atom. The molecule has 1 saturated carbocycles. The Labute approximate surface area is 154 Å². The highest BCUT2D eigenvalue weighted by Crippen LogP contribution is 2.33. The number of amides is 1. The molecule has 25 heavy (non-hydrogen) atoms. The van der Waals surface area contributed by atoms with Crippen molar-refractivity contribution in [2.75, 3.05) is 11.9 Å². The first-order chi connectivity index (χ1) is 12.1. The molecule has 0 heterocycles. The minimum Gasteiger partial charge on any atom is -0.484 e. The Kier molecular flexibility index (Phi) is 5.98. The number of hydrogen-bond acceptors (Lipinski definition) is 2. The maximum absolute atomic E-state index is 12.1. The van der Waals surface area contributed by atoms with Gasteiger partial charge in [-0.2, -0.15) is 0 Å². The van der Waals surface area contributed by atoms with E-state index in [2.05, 4.69) is 17.4 Å². The molecule has 0 spiro atoms. The van der Waals surface area contributed by atoms with Crippen LogP contribution in [-0.4, -0.2) is 12.5 Å². The molecule has 0 saturated heterocycles. The van der Waals surface area contributed by atoms with Gasteiger partial charge in [-0.25, -0.2) is 0 Å². The maximum Gasteiger partial charge on any atom is 0.262 e. The smallest absolute Gasteiger partial charge is 0.262 e. The van der Waals surface area contributed by atoms with Crippen molar-refractivity contribution in [1.29, 1.82) is 0 Å². The van der Waals surface area contributed by atoms with Gasteiger partial charge in [-0.15, -0.1) is 0 Å². The summed E-state index contributed by atoms with van der Waals surface area (Å²) in [7, 11) is 0. The van der Waals surface area contributed by atoms with Gasteiger partial charge in [-0.3, -0.25) is 4.79 Å². The number of aryl methyl sites for hydroxylation is 1. The Balaban J connectivity index is 1.52. The van der Waals surface area contributed by atoms with E-state index in [1.165, 1.54) is 37.7 Å². The van der Waals surface area contributed by atoms with Crippen molar-refractivity contribution in [1.82, 2.24) is 0 Å². The van der Waals surface area contributed by atoms with Crippen molar-refractivity contribution in [2.24, 2.45) is 0 Å². The molecule has 0 unspecified atom stereocenters. The Bertz CT molecular complexity index is 721. The van der Waals surface area contributed by atoms with Crippen LogP contribution in [0.25, 0.3) is 0 Å². The molecule has 1 aliphatic rings. The fraction of sp³-hybridized carbons (Fsp3) is 0.381. The average molecular weight is 358 g/mol. The second-order valence-corrected chi connectivity index (χ2v) is 7.14. The summed E-state index contributed by atoms with van der Waals surface area (Å²) in [6, 6.07) is 13.6. The standard InChI is InChI=1S/C21H24ClNO2/c1-15-7-10-18(22)13-20(15)23-21(24)14-25-19-11-8-17(9-12-19)16-5-3-2-4-6-16/h7-13,16H,2-6,14H2,1H3,(H,23,24). The Morgan fingerprint density at radius 2 is 1.84 bits per heavy atom. The number of nitrogens with one attached hydrogen (secondary N) is 1. The molecule has 1 aliphatic carbocycles. The lowest BCUT2D eigenvalue weighted by atomic mass is 9.84. The van der Waals surface area contributed by atoms with Crippen LogP contribution in [0, 0.1) is 6.92 Å². The van der Waals surface area contributed by atoms with Crippen molar-refractivity contribution < 1.29 is 9.53 Å². The van der Waals surface area contributed by atoms with E-state index in [4.69, 9.17) is 16.3 Å². The van der Waals surface area contributed by atoms with Gasteiger partial charge in [0.2, 0.25) is 0 Å². The van der Waals surface area contributed by atoms with Crippen molar-refractivity contribution in [3.63, 3.8) is 0 Å². The number of hydrogen-bond donors (Lipinski definition) is 1. The quantitative estimate of drug-likeness (QED) is 0.743. The summed E-state index contributed by atoms with van der Waals surface area (Å²) in [5, 5.41) is 3.43. The summed E-state index contributed by atoms with van der Waals surface area (Å²) >= 11 is 5.97. The number of benzene rings is 2. The topological polar surface area (TPSA) is 38.3 Å². The minimum absolute atomic E-state index is 0.0191. The van der Waals surface area contributed by atoms with Crippen LogP contribution in [0.5, 0.6) is 5.75 Å². The second-order valence-electron chi connectivity index (χ2n) is 6.70. The van der Waals surface area contributed by atoms with Gasteiger partial charge < -0.3 is 10.1 Å². The van der Waals surface area contributed by atoms with Crippen LogP contribution in [0.15, 0.2) is 42.5 Å². The van der Waals surface area contributed by atoms with E-state index in [0.29, 0.717) is 16.6 Å². The van der Waals surface area contributed by atoms with Crippen molar-refractivity contribution >= 4 is 23.2 Å². The molecule has 1 N–H and O–H groups in total. The summed E-state index contributed by atoms with van der Waals surface area (Å²) in [4.78, 5) is 12.1. The maximum atomic E-state index is 12.1. The van der Waals surface area contributed by atoms with E-state index in [9.17, 15) is 4.79 Å². The van der Waals surface area contributed by atoms with Gasteiger partial charge in [0, 0.05) is 10.7 Å². The first-order valence-electron chi connectivity index (χ1n) is 8.90. The van der Waals surface area contributed by atoms with Crippen LogP contribution in [0.1, 0.15) is 49.1 Å². The van der Waals surface area contributed by atoms with Gasteiger partial charge >= 0.3 is 0 Å². The molecule has 0 aliphatic heterocycles. The lowest BCUT2D eigenvalue weighted by Crippen LogP contribution is -2.20. The van der Waals surface area contributed by atoms with Gasteiger partial charge in [0.1, 0.15) is 5.75 Å². The van der Waals surface area contributed by atoms with Crippen LogP contribution in [0.4, 0.5) is 5.69 Å². The fourth-order valence-corrected chi connectivity index (χ4v) is 3.51. The SMILES string of the molecule is Cc1ccc(Cl)cc1NC(=O)COc1ccc(C2CCCCC2)cc1. The van der Waals surface area contributed by atoms with Crippen LogP contribution in [0.3, 0.4) is 0 Å². The number of halogens is 1. The molecule has 1 amide bonds. The first-order valence-corrected chi connectivity index (χ1v) is 9.28. The zero-order valence-electron chi connectivity index (χ0n) is 14.6. The summed E-state index contributed by atoms with van der Waals surface area (Å²) in [5.74, 6) is 1.20. The summed E-state index contributed by atoms with van der Waals surface area (Å²) in [5.41, 5.74) is 3.06. The van der Waals surface area contributed by atoms with Gasteiger partial charge in [0.05, 0.1) is 0 Å². The molecule has 3 nitrogen and oxygen atoms in total. The largest absolute Gasteiger partial charge is 0.484 e. The molecule has 0 radical (unpaired) electrons. The first kappa shape index (κ1) is 17.8. The van der Waals surface area contributed by atoms with Gasteiger partial charge in [-0.05, 0) is 61.1 Å². The second kappa shape index (κ2) is 8.39. The highest BCUT2D eigenvalue weighted by atomic mass is 35.5. The number of ether oxygens (including phenoxy) is 1. The van der Waals surface area contributed by atoms with E-state index < -0.39 is 0 Å². The number of anilines is 1. The molecular weight excluding hydrogens is 334 g/mol. The lowest BCUT2D eigenvalue weighted by Gasteiger charge is -2.22. The average Bonchev–Trinajstić information content (AvgIpc) is 2.64. The van der Waals surface area contributed by atoms with E-state index >= 15 is 0 Å². The molecule has 0 bridgehead atoms. The molecular formula is C21H24ClNO2. The van der Waals surface area contributed by atoms with E-state index in [1.54, 1.807) is 12.1 Å². The number of rotatable bonds is 5. The summed E-state index contributed by atoms with van der Waals surface area (Å²) in [6.45, 7) is 1.91. The highest BCUT2D eigenvalue weighted by molar-refractivity contribution is 6.31. The van der Waals surface area contributed by atoms with Crippen molar-refractivity contribution in [2.45, 2.75) is 44.9 Å². The Hall–Kier alpha value is -2.00. The van der Waals surface area contributed by atoms with Crippen LogP contribution in [0.2, 0.25) is 5.02 Å². The third-order valence-corrected chi connectivity index (χ3v) is 5.04. The molecule has 2 aromatic carbocycles. The Morgan fingerprint density at radius 1 is 1.12 bits per heavy atom. The highest BCUT2D eigenvalue weighted by Gasteiger charge is 2.15. The van der Waals surface area contributed by atoms with E-state index in [0.717, 1.165) is 11.3 Å². The normalized spacial score (nSPS) is 15.0. The monoisotopic (exact) mass is 357 g/mol. The third-order valence-electron chi connectivity index (χ3n) is 4.80. The molecule has 0 atom stereocenters. The molecule has 2 aromatic rings.